The lowest BCUT2D eigenvalue weighted by atomic mass is 10.2. The van der Waals surface area contributed by atoms with Crippen molar-refractivity contribution in [3.8, 4) is 11.5 Å². The minimum atomic E-state index is -4.83. The van der Waals surface area contributed by atoms with Gasteiger partial charge in [-0.05, 0) is 6.07 Å². The van der Waals surface area contributed by atoms with Crippen LogP contribution in [-0.4, -0.2) is 11.5 Å². The molecule has 0 radical (unpaired) electrons. The number of phenols is 1. The molecule has 0 saturated carbocycles. The number of ether oxygens (including phenoxy) is 1. The zero-order valence-corrected chi connectivity index (χ0v) is 7.01. The number of halogens is 3. The molecule has 1 aromatic rings. The third-order valence-electron chi connectivity index (χ3n) is 1.51. The van der Waals surface area contributed by atoms with Gasteiger partial charge in [-0.15, -0.1) is 13.2 Å². The Morgan fingerprint density at radius 1 is 1.36 bits per heavy atom. The molecule has 3 N–H and O–H groups in total. The van der Waals surface area contributed by atoms with E-state index in [9.17, 15) is 13.2 Å². The van der Waals surface area contributed by atoms with Crippen LogP contribution in [0.1, 0.15) is 5.56 Å². The minimum absolute atomic E-state index is 0.0994. The van der Waals surface area contributed by atoms with Gasteiger partial charge in [0, 0.05) is 12.1 Å². The number of phenolic OH excluding ortho intramolecular Hbond substituents is 1. The molecule has 3 nitrogen and oxygen atoms in total. The number of nitrogens with two attached hydrogens (primary N) is 1. The molecule has 0 bridgehead atoms. The molecule has 0 saturated heterocycles. The Morgan fingerprint density at radius 2 is 2.00 bits per heavy atom. The SMILES string of the molecule is NCc1cccc(O)c1OC(F)(F)F. The third-order valence-corrected chi connectivity index (χ3v) is 1.51. The largest absolute Gasteiger partial charge is 0.573 e. The highest BCUT2D eigenvalue weighted by atomic mass is 19.4. The molecule has 1 rings (SSSR count). The smallest absolute Gasteiger partial charge is 0.504 e. The summed E-state index contributed by atoms with van der Waals surface area (Å²) in [7, 11) is 0. The van der Waals surface area contributed by atoms with E-state index in [0.717, 1.165) is 6.07 Å². The summed E-state index contributed by atoms with van der Waals surface area (Å²) in [6, 6.07) is 3.84. The van der Waals surface area contributed by atoms with Crippen LogP contribution >= 0.6 is 0 Å². The van der Waals surface area contributed by atoms with E-state index in [4.69, 9.17) is 10.8 Å². The molecule has 0 atom stereocenters. The van der Waals surface area contributed by atoms with Gasteiger partial charge in [-0.25, -0.2) is 0 Å². The van der Waals surface area contributed by atoms with Crippen molar-refractivity contribution in [3.63, 3.8) is 0 Å². The molecule has 1 aromatic carbocycles. The van der Waals surface area contributed by atoms with Gasteiger partial charge in [-0.3, -0.25) is 0 Å². The van der Waals surface area contributed by atoms with Crippen LogP contribution in [0.15, 0.2) is 18.2 Å². The normalized spacial score (nSPS) is 11.4. The van der Waals surface area contributed by atoms with Crippen LogP contribution in [0.25, 0.3) is 0 Å². The molecule has 0 amide bonds. The number of aromatic hydroxyl groups is 1. The Morgan fingerprint density at radius 3 is 2.50 bits per heavy atom. The Bertz CT molecular complexity index is 325. The van der Waals surface area contributed by atoms with Crippen LogP contribution in [0.4, 0.5) is 13.2 Å². The van der Waals surface area contributed by atoms with E-state index in [0.29, 0.717) is 0 Å². The van der Waals surface area contributed by atoms with Gasteiger partial charge in [-0.2, -0.15) is 0 Å². The second kappa shape index (κ2) is 3.75. The van der Waals surface area contributed by atoms with Crippen LogP contribution in [0.5, 0.6) is 11.5 Å². The first-order chi connectivity index (χ1) is 6.44. The highest BCUT2D eigenvalue weighted by Crippen LogP contribution is 2.34. The summed E-state index contributed by atoms with van der Waals surface area (Å²) in [6.07, 6.45) is -4.83. The first kappa shape index (κ1) is 10.6. The number of rotatable bonds is 2. The van der Waals surface area contributed by atoms with Gasteiger partial charge >= 0.3 is 6.36 Å². The summed E-state index contributed by atoms with van der Waals surface area (Å²) >= 11 is 0. The predicted molar refractivity (Wildman–Crippen MR) is 42.7 cm³/mol. The second-order valence-electron chi connectivity index (χ2n) is 2.52. The average Bonchev–Trinajstić information content (AvgIpc) is 2.06. The van der Waals surface area contributed by atoms with Crippen molar-refractivity contribution in [1.29, 1.82) is 0 Å². The van der Waals surface area contributed by atoms with E-state index >= 15 is 0 Å². The first-order valence-corrected chi connectivity index (χ1v) is 3.70. The lowest BCUT2D eigenvalue weighted by Gasteiger charge is -2.13. The Balaban J connectivity index is 3.05. The molecule has 0 heterocycles. The summed E-state index contributed by atoms with van der Waals surface area (Å²) in [6.45, 7) is -0.139. The summed E-state index contributed by atoms with van der Waals surface area (Å²) in [5, 5.41) is 9.11. The van der Waals surface area contributed by atoms with Crippen LogP contribution in [0.3, 0.4) is 0 Å². The van der Waals surface area contributed by atoms with Crippen molar-refractivity contribution in [2.45, 2.75) is 12.9 Å². The van der Waals surface area contributed by atoms with Gasteiger partial charge in [0.05, 0.1) is 0 Å². The number of alkyl halides is 3. The van der Waals surface area contributed by atoms with Gasteiger partial charge in [-0.1, -0.05) is 12.1 Å². The fraction of sp³-hybridized carbons (Fsp3) is 0.250. The Hall–Kier alpha value is -1.43. The standard InChI is InChI=1S/C8H8F3NO2/c9-8(10,11)14-7-5(4-12)2-1-3-6(7)13/h1-3,13H,4,12H2. The number of benzene rings is 1. The van der Waals surface area contributed by atoms with E-state index < -0.39 is 17.9 Å². The summed E-state index contributed by atoms with van der Waals surface area (Å²) < 4.78 is 39.2. The van der Waals surface area contributed by atoms with E-state index in [1.807, 2.05) is 0 Å². The van der Waals surface area contributed by atoms with E-state index in [2.05, 4.69) is 4.74 Å². The Labute approximate surface area is 77.9 Å². The summed E-state index contributed by atoms with van der Waals surface area (Å²) in [5.74, 6) is -1.22. The van der Waals surface area contributed by atoms with Gasteiger partial charge in [0.15, 0.2) is 11.5 Å². The van der Waals surface area contributed by atoms with Crippen LogP contribution < -0.4 is 10.5 Å². The number of para-hydroxylation sites is 1. The van der Waals surface area contributed by atoms with E-state index in [1.165, 1.54) is 12.1 Å². The molecule has 0 aliphatic carbocycles. The lowest BCUT2D eigenvalue weighted by molar-refractivity contribution is -0.275. The zero-order valence-electron chi connectivity index (χ0n) is 7.01. The van der Waals surface area contributed by atoms with E-state index in [-0.39, 0.29) is 12.1 Å². The zero-order chi connectivity index (χ0) is 10.8. The van der Waals surface area contributed by atoms with Crippen LogP contribution in [0.2, 0.25) is 0 Å². The summed E-state index contributed by atoms with van der Waals surface area (Å²) in [4.78, 5) is 0. The van der Waals surface area contributed by atoms with Crippen molar-refractivity contribution >= 4 is 0 Å². The molecule has 0 aromatic heterocycles. The number of hydrogen-bond donors (Lipinski definition) is 2. The number of hydrogen-bond acceptors (Lipinski definition) is 3. The van der Waals surface area contributed by atoms with E-state index in [1.54, 1.807) is 0 Å². The van der Waals surface area contributed by atoms with Crippen molar-refractivity contribution in [2.75, 3.05) is 0 Å². The molecule has 0 unspecified atom stereocenters. The molecule has 14 heavy (non-hydrogen) atoms. The Kier molecular flexibility index (Phi) is 2.85. The third kappa shape index (κ3) is 2.53. The molecule has 0 spiro atoms. The fourth-order valence-corrected chi connectivity index (χ4v) is 0.966. The monoisotopic (exact) mass is 207 g/mol. The van der Waals surface area contributed by atoms with Gasteiger partial charge in [0.25, 0.3) is 0 Å². The first-order valence-electron chi connectivity index (χ1n) is 3.70. The fourth-order valence-electron chi connectivity index (χ4n) is 0.966. The quantitative estimate of drug-likeness (QED) is 0.776. The van der Waals surface area contributed by atoms with Crippen LogP contribution in [-0.2, 0) is 6.54 Å². The molecule has 78 valence electrons. The molecule has 6 heteroatoms. The van der Waals surface area contributed by atoms with Gasteiger partial charge in [0.1, 0.15) is 0 Å². The van der Waals surface area contributed by atoms with Crippen molar-refractivity contribution < 1.29 is 23.0 Å². The van der Waals surface area contributed by atoms with Crippen molar-refractivity contribution in [1.82, 2.24) is 0 Å². The van der Waals surface area contributed by atoms with Crippen molar-refractivity contribution in [2.24, 2.45) is 5.73 Å². The molecule has 0 aliphatic heterocycles. The minimum Gasteiger partial charge on any atom is -0.504 e. The molecule has 0 aliphatic rings. The molecular formula is C8H8F3NO2. The topological polar surface area (TPSA) is 55.5 Å². The van der Waals surface area contributed by atoms with Gasteiger partial charge in [0.2, 0.25) is 0 Å². The van der Waals surface area contributed by atoms with Crippen LogP contribution in [0, 0.1) is 0 Å². The average molecular weight is 207 g/mol. The van der Waals surface area contributed by atoms with Crippen molar-refractivity contribution in [3.05, 3.63) is 23.8 Å². The predicted octanol–water partition coefficient (Wildman–Crippen LogP) is 1.75. The maximum absolute atomic E-state index is 11.9. The lowest BCUT2D eigenvalue weighted by Crippen LogP contribution is -2.18. The highest BCUT2D eigenvalue weighted by molar-refractivity contribution is 5.45. The molecular weight excluding hydrogens is 199 g/mol. The second-order valence-corrected chi connectivity index (χ2v) is 2.52. The maximum atomic E-state index is 11.9. The maximum Gasteiger partial charge on any atom is 0.573 e. The highest BCUT2D eigenvalue weighted by Gasteiger charge is 2.33. The summed E-state index contributed by atoms with van der Waals surface area (Å²) in [5.41, 5.74) is 5.28. The molecule has 0 fully saturated rings. The van der Waals surface area contributed by atoms with Gasteiger partial charge < -0.3 is 15.6 Å².